The maximum Gasteiger partial charge on any atom is 0.230 e. The molecule has 158 valence electrons. The largest absolute Gasteiger partial charge is 0.497 e. The van der Waals surface area contributed by atoms with Crippen LogP contribution in [0.15, 0.2) is 54.7 Å². The second-order valence-corrected chi connectivity index (χ2v) is 7.17. The molecule has 0 spiro atoms. The van der Waals surface area contributed by atoms with Crippen LogP contribution in [-0.4, -0.2) is 40.6 Å². The molecule has 0 fully saturated rings. The fourth-order valence-corrected chi connectivity index (χ4v) is 3.42. The van der Waals surface area contributed by atoms with Crippen LogP contribution in [-0.2, 0) is 11.2 Å². The van der Waals surface area contributed by atoms with Gasteiger partial charge in [0.25, 0.3) is 0 Å². The monoisotopic (exact) mass is 409 g/mol. The van der Waals surface area contributed by atoms with Crippen molar-refractivity contribution in [2.45, 2.75) is 33.1 Å². The first kappa shape index (κ1) is 21.6. The van der Waals surface area contributed by atoms with Crippen molar-refractivity contribution >= 4 is 5.91 Å². The average Bonchev–Trinajstić information content (AvgIpc) is 3.17. The van der Waals surface area contributed by atoms with Crippen LogP contribution in [0.4, 0.5) is 4.39 Å². The van der Waals surface area contributed by atoms with E-state index in [1.165, 1.54) is 12.1 Å². The Hall–Kier alpha value is -3.15. The zero-order chi connectivity index (χ0) is 21.5. The highest BCUT2D eigenvalue weighted by Gasteiger charge is 2.18. The Balaban J connectivity index is 1.97. The highest BCUT2D eigenvalue weighted by molar-refractivity contribution is 5.78. The van der Waals surface area contributed by atoms with Gasteiger partial charge in [-0.05, 0) is 61.4 Å². The summed E-state index contributed by atoms with van der Waals surface area (Å²) in [7, 11) is 1.63. The minimum absolute atomic E-state index is 0.0499. The molecule has 6 heteroatoms. The molecule has 0 radical (unpaired) electrons. The number of carbonyl (C=O) groups excluding carboxylic acids is 1. The van der Waals surface area contributed by atoms with Gasteiger partial charge in [-0.2, -0.15) is 0 Å². The number of carbonyl (C=O) groups is 1. The van der Waals surface area contributed by atoms with E-state index in [0.29, 0.717) is 5.82 Å². The lowest BCUT2D eigenvalue weighted by atomic mass is 10.1. The molecule has 0 aliphatic rings. The molecular formula is C24H28FN3O2. The van der Waals surface area contributed by atoms with E-state index in [9.17, 15) is 9.18 Å². The van der Waals surface area contributed by atoms with E-state index in [-0.39, 0.29) is 18.1 Å². The summed E-state index contributed by atoms with van der Waals surface area (Å²) in [6.45, 7) is 5.60. The van der Waals surface area contributed by atoms with Crippen molar-refractivity contribution in [1.82, 2.24) is 14.5 Å². The maximum atomic E-state index is 13.4. The average molecular weight is 410 g/mol. The molecule has 0 unspecified atom stereocenters. The number of ether oxygens (including phenoxy) is 1. The molecule has 5 nitrogen and oxygen atoms in total. The number of aromatic nitrogens is 2. The van der Waals surface area contributed by atoms with Gasteiger partial charge in [-0.3, -0.25) is 4.79 Å². The summed E-state index contributed by atoms with van der Waals surface area (Å²) in [5.41, 5.74) is 2.44. The van der Waals surface area contributed by atoms with Gasteiger partial charge < -0.3 is 14.2 Å². The highest BCUT2D eigenvalue weighted by atomic mass is 19.1. The SMILES string of the molecule is CCCN(CCC)C(=O)Cc1nc(-c2ccc(OC)cc2)cn1-c1ccc(F)cc1. The fourth-order valence-electron chi connectivity index (χ4n) is 3.42. The van der Waals surface area contributed by atoms with Crippen molar-refractivity contribution in [2.75, 3.05) is 20.2 Å². The third kappa shape index (κ3) is 5.06. The van der Waals surface area contributed by atoms with Crippen LogP contribution in [0.25, 0.3) is 16.9 Å². The van der Waals surface area contributed by atoms with Crippen molar-refractivity contribution in [3.8, 4) is 22.7 Å². The third-order valence-corrected chi connectivity index (χ3v) is 4.92. The summed E-state index contributed by atoms with van der Waals surface area (Å²) < 4.78 is 20.5. The second kappa shape index (κ2) is 10.1. The van der Waals surface area contributed by atoms with Crippen molar-refractivity contribution in [3.05, 3.63) is 66.4 Å². The van der Waals surface area contributed by atoms with Gasteiger partial charge in [-0.25, -0.2) is 9.37 Å². The lowest BCUT2D eigenvalue weighted by Crippen LogP contribution is -2.34. The van der Waals surface area contributed by atoms with Crippen molar-refractivity contribution in [1.29, 1.82) is 0 Å². The third-order valence-electron chi connectivity index (χ3n) is 4.92. The fraction of sp³-hybridized carbons (Fsp3) is 0.333. The van der Waals surface area contributed by atoms with E-state index in [2.05, 4.69) is 13.8 Å². The first-order valence-corrected chi connectivity index (χ1v) is 10.3. The number of hydrogen-bond donors (Lipinski definition) is 0. The molecule has 1 amide bonds. The predicted molar refractivity (Wildman–Crippen MR) is 116 cm³/mol. The molecule has 3 rings (SSSR count). The molecule has 0 saturated carbocycles. The first-order valence-electron chi connectivity index (χ1n) is 10.3. The van der Waals surface area contributed by atoms with Crippen LogP contribution < -0.4 is 4.74 Å². The van der Waals surface area contributed by atoms with E-state index in [4.69, 9.17) is 9.72 Å². The normalized spacial score (nSPS) is 10.8. The molecule has 2 aromatic carbocycles. The molecule has 0 saturated heterocycles. The minimum atomic E-state index is -0.302. The Morgan fingerprint density at radius 1 is 1.03 bits per heavy atom. The summed E-state index contributed by atoms with van der Waals surface area (Å²) in [6, 6.07) is 13.8. The van der Waals surface area contributed by atoms with Crippen LogP contribution in [0.1, 0.15) is 32.5 Å². The molecule has 30 heavy (non-hydrogen) atoms. The van der Waals surface area contributed by atoms with Crippen LogP contribution in [0.5, 0.6) is 5.75 Å². The lowest BCUT2D eigenvalue weighted by Gasteiger charge is -2.21. The van der Waals surface area contributed by atoms with Crippen LogP contribution >= 0.6 is 0 Å². The Morgan fingerprint density at radius 3 is 2.23 bits per heavy atom. The number of imidazole rings is 1. The van der Waals surface area contributed by atoms with Gasteiger partial charge in [0.15, 0.2) is 0 Å². The Kier molecular flexibility index (Phi) is 7.22. The number of methoxy groups -OCH3 is 1. The molecule has 0 atom stereocenters. The van der Waals surface area contributed by atoms with E-state index in [1.807, 2.05) is 39.9 Å². The van der Waals surface area contributed by atoms with Gasteiger partial charge in [-0.1, -0.05) is 13.8 Å². The summed E-state index contributed by atoms with van der Waals surface area (Å²) in [4.78, 5) is 19.6. The van der Waals surface area contributed by atoms with Gasteiger partial charge in [0.1, 0.15) is 17.4 Å². The van der Waals surface area contributed by atoms with Gasteiger partial charge in [-0.15, -0.1) is 0 Å². The highest BCUT2D eigenvalue weighted by Crippen LogP contribution is 2.24. The van der Waals surface area contributed by atoms with Crippen molar-refractivity contribution < 1.29 is 13.9 Å². The molecule has 3 aromatic rings. The zero-order valence-corrected chi connectivity index (χ0v) is 17.8. The molecule has 0 aliphatic carbocycles. The first-order chi connectivity index (χ1) is 14.5. The van der Waals surface area contributed by atoms with E-state index < -0.39 is 0 Å². The Morgan fingerprint density at radius 2 is 1.67 bits per heavy atom. The molecule has 1 heterocycles. The summed E-state index contributed by atoms with van der Waals surface area (Å²) in [5.74, 6) is 1.15. The summed E-state index contributed by atoms with van der Waals surface area (Å²) in [5, 5.41) is 0. The molecular weight excluding hydrogens is 381 g/mol. The Labute approximate surface area is 177 Å². The number of amides is 1. The van der Waals surface area contributed by atoms with Gasteiger partial charge in [0.2, 0.25) is 5.91 Å². The van der Waals surface area contributed by atoms with Gasteiger partial charge in [0.05, 0.1) is 19.2 Å². The predicted octanol–water partition coefficient (Wildman–Crippen LogP) is 4.88. The van der Waals surface area contributed by atoms with E-state index in [1.54, 1.807) is 19.2 Å². The number of rotatable bonds is 9. The van der Waals surface area contributed by atoms with E-state index >= 15 is 0 Å². The topological polar surface area (TPSA) is 47.4 Å². The minimum Gasteiger partial charge on any atom is -0.497 e. The van der Waals surface area contributed by atoms with Crippen LogP contribution in [0, 0.1) is 5.82 Å². The lowest BCUT2D eigenvalue weighted by molar-refractivity contribution is -0.130. The number of benzene rings is 2. The molecule has 0 bridgehead atoms. The quantitative estimate of drug-likeness (QED) is 0.506. The smallest absolute Gasteiger partial charge is 0.230 e. The second-order valence-electron chi connectivity index (χ2n) is 7.17. The van der Waals surface area contributed by atoms with E-state index in [0.717, 1.165) is 48.6 Å². The van der Waals surface area contributed by atoms with Crippen molar-refractivity contribution in [2.24, 2.45) is 0 Å². The summed E-state index contributed by atoms with van der Waals surface area (Å²) >= 11 is 0. The number of nitrogens with zero attached hydrogens (tertiary/aromatic N) is 3. The zero-order valence-electron chi connectivity index (χ0n) is 17.8. The number of hydrogen-bond acceptors (Lipinski definition) is 3. The van der Waals surface area contributed by atoms with Crippen LogP contribution in [0.3, 0.4) is 0 Å². The molecule has 1 aromatic heterocycles. The van der Waals surface area contributed by atoms with Gasteiger partial charge in [0, 0.05) is 30.5 Å². The molecule has 0 aliphatic heterocycles. The molecule has 0 N–H and O–H groups in total. The Bertz CT molecular complexity index is 959. The standard InChI is InChI=1S/C24H28FN3O2/c1-4-14-27(15-5-2)24(29)16-23-26-22(18-6-12-21(30-3)13-7-18)17-28(23)20-10-8-19(25)9-11-20/h6-13,17H,4-5,14-16H2,1-3H3. The summed E-state index contributed by atoms with van der Waals surface area (Å²) in [6.07, 6.45) is 3.90. The maximum absolute atomic E-state index is 13.4. The van der Waals surface area contributed by atoms with Gasteiger partial charge >= 0.3 is 0 Å². The number of halogens is 1. The van der Waals surface area contributed by atoms with Crippen molar-refractivity contribution in [3.63, 3.8) is 0 Å². The van der Waals surface area contributed by atoms with Crippen LogP contribution in [0.2, 0.25) is 0 Å².